The third-order valence-electron chi connectivity index (χ3n) is 11.4. The van der Waals surface area contributed by atoms with Crippen molar-refractivity contribution in [2.24, 2.45) is 0 Å². The van der Waals surface area contributed by atoms with Crippen LogP contribution >= 0.6 is 0 Å². The Labute approximate surface area is 296 Å². The van der Waals surface area contributed by atoms with Gasteiger partial charge in [-0.1, -0.05) is 147 Å². The monoisotopic (exact) mass is 664 g/mol. The summed E-state index contributed by atoms with van der Waals surface area (Å²) in [5, 5.41) is 15.5. The lowest BCUT2D eigenvalue weighted by molar-refractivity contribution is 1.38. The zero-order chi connectivity index (χ0) is 33.8. The van der Waals surface area contributed by atoms with E-state index in [1.54, 1.807) is 10.4 Å². The van der Waals surface area contributed by atoms with Gasteiger partial charge in [-0.05, 0) is 93.9 Å². The number of hydrogen-bond donors (Lipinski definition) is 0. The molecule has 0 N–H and O–H groups in total. The van der Waals surface area contributed by atoms with Crippen LogP contribution in [0.3, 0.4) is 0 Å². The summed E-state index contributed by atoms with van der Waals surface area (Å²) in [5.74, 6) is 0. The van der Waals surface area contributed by atoms with Crippen molar-refractivity contribution >= 4 is 83.3 Å². The first-order valence-corrected chi connectivity index (χ1v) is 20.8. The summed E-state index contributed by atoms with van der Waals surface area (Å²) in [4.78, 5) is 10.1. The first-order valence-electron chi connectivity index (χ1n) is 17.8. The second-order valence-electron chi connectivity index (χ2n) is 14.5. The molecule has 2 aromatic heterocycles. The molecular weight excluding hydrogens is 633 g/mol. The summed E-state index contributed by atoms with van der Waals surface area (Å²) in [6.45, 7) is 5.05. The normalized spacial score (nSPS) is 13.5. The van der Waals surface area contributed by atoms with Gasteiger partial charge in [0.1, 0.15) is 8.07 Å². The molecule has 0 unspecified atom stereocenters. The summed E-state index contributed by atoms with van der Waals surface area (Å²) in [6.07, 6.45) is 1.86. The average Bonchev–Trinajstić information content (AvgIpc) is 3.42. The van der Waals surface area contributed by atoms with Gasteiger partial charge in [0.15, 0.2) is 0 Å². The van der Waals surface area contributed by atoms with Crippen molar-refractivity contribution in [3.05, 3.63) is 158 Å². The SMILES string of the molecule is C[Si]1(C)c2ccccc2-c2ccc3cc(-c4c5ccccc5c(-c5ccc6ccc7cccnc7c6n5)c5ccccc45)c4ccccc4c3c21. The molecule has 1 aliphatic rings. The van der Waals surface area contributed by atoms with Gasteiger partial charge in [0, 0.05) is 22.5 Å². The highest BCUT2D eigenvalue weighted by Crippen LogP contribution is 2.47. The Bertz CT molecular complexity index is 3060. The van der Waals surface area contributed by atoms with E-state index in [0.29, 0.717) is 0 Å². The third kappa shape index (κ3) is 3.92. The molecule has 0 saturated heterocycles. The second kappa shape index (κ2) is 10.4. The fourth-order valence-electron chi connectivity index (χ4n) is 9.23. The molecule has 0 spiro atoms. The van der Waals surface area contributed by atoms with Crippen LogP contribution in [0, 0.1) is 0 Å². The van der Waals surface area contributed by atoms with Gasteiger partial charge in [0.2, 0.25) is 0 Å². The van der Waals surface area contributed by atoms with Crippen LogP contribution in [0.1, 0.15) is 0 Å². The largest absolute Gasteiger partial charge is 0.254 e. The lowest BCUT2D eigenvalue weighted by Crippen LogP contribution is -2.49. The fraction of sp³-hybridized carbons (Fsp3) is 0.0417. The van der Waals surface area contributed by atoms with Crippen LogP contribution in [0.4, 0.5) is 0 Å². The molecule has 238 valence electrons. The maximum absolute atomic E-state index is 5.37. The highest BCUT2D eigenvalue weighted by Gasteiger charge is 2.39. The Morgan fingerprint density at radius 3 is 1.76 bits per heavy atom. The number of nitrogens with zero attached hydrogens (tertiary/aromatic N) is 2. The molecule has 3 heteroatoms. The number of fused-ring (bicyclic) bond motifs is 12. The van der Waals surface area contributed by atoms with Gasteiger partial charge < -0.3 is 0 Å². The first-order chi connectivity index (χ1) is 25.1. The van der Waals surface area contributed by atoms with Crippen molar-refractivity contribution in [1.82, 2.24) is 9.97 Å². The van der Waals surface area contributed by atoms with Crippen molar-refractivity contribution in [1.29, 1.82) is 0 Å². The Kier molecular flexibility index (Phi) is 5.86. The first kappa shape index (κ1) is 28.7. The molecule has 3 heterocycles. The second-order valence-corrected chi connectivity index (χ2v) is 18.8. The predicted octanol–water partition coefficient (Wildman–Crippen LogP) is 11.5. The number of aromatic nitrogens is 2. The molecule has 0 bridgehead atoms. The van der Waals surface area contributed by atoms with Crippen LogP contribution in [0.25, 0.3) is 98.4 Å². The molecular formula is C48H32N2Si. The Morgan fingerprint density at radius 1 is 0.431 bits per heavy atom. The van der Waals surface area contributed by atoms with E-state index in [0.717, 1.165) is 33.1 Å². The van der Waals surface area contributed by atoms with Crippen LogP contribution in [0.2, 0.25) is 13.1 Å². The van der Waals surface area contributed by atoms with Crippen LogP contribution in [-0.4, -0.2) is 18.0 Å². The van der Waals surface area contributed by atoms with Gasteiger partial charge in [-0.3, -0.25) is 4.98 Å². The highest BCUT2D eigenvalue weighted by atomic mass is 28.3. The van der Waals surface area contributed by atoms with Gasteiger partial charge in [0.05, 0.1) is 16.7 Å². The van der Waals surface area contributed by atoms with E-state index in [1.807, 2.05) is 12.3 Å². The third-order valence-corrected chi connectivity index (χ3v) is 15.0. The summed E-state index contributed by atoms with van der Waals surface area (Å²) in [6, 6.07) is 56.0. The molecule has 51 heavy (non-hydrogen) atoms. The molecule has 0 atom stereocenters. The molecule has 0 saturated carbocycles. The molecule has 1 aliphatic heterocycles. The van der Waals surface area contributed by atoms with E-state index in [4.69, 9.17) is 9.97 Å². The minimum Gasteiger partial charge on any atom is -0.254 e. The van der Waals surface area contributed by atoms with Crippen molar-refractivity contribution in [3.8, 4) is 33.5 Å². The van der Waals surface area contributed by atoms with E-state index in [9.17, 15) is 0 Å². The number of pyridine rings is 2. The summed E-state index contributed by atoms with van der Waals surface area (Å²) < 4.78 is 0. The van der Waals surface area contributed by atoms with Crippen molar-refractivity contribution in [2.75, 3.05) is 0 Å². The standard InChI is InChI=1S/C48H32N2Si/c1-51(2)42-20-10-9-14-33(42)39-25-23-31-28-40(32-13-3-4-15-34(32)43(31)48(39)51)44-35-16-5-7-18-37(35)45(38-19-8-6-17-36(38)44)41-26-24-30-22-21-29-12-11-27-49-46(29)47(30)50-41/h3-28H,1-2H3. The van der Waals surface area contributed by atoms with Crippen molar-refractivity contribution in [2.45, 2.75) is 13.1 Å². The smallest absolute Gasteiger partial charge is 0.114 e. The number of benzene rings is 8. The lowest BCUT2D eigenvalue weighted by atomic mass is 9.84. The van der Waals surface area contributed by atoms with Crippen LogP contribution in [-0.2, 0) is 0 Å². The van der Waals surface area contributed by atoms with Gasteiger partial charge in [0.25, 0.3) is 0 Å². The molecule has 8 aromatic carbocycles. The van der Waals surface area contributed by atoms with E-state index < -0.39 is 8.07 Å². The Balaban J connectivity index is 1.24. The van der Waals surface area contributed by atoms with E-state index >= 15 is 0 Å². The van der Waals surface area contributed by atoms with Gasteiger partial charge >= 0.3 is 0 Å². The minimum atomic E-state index is -1.94. The molecule has 0 radical (unpaired) electrons. The average molecular weight is 665 g/mol. The van der Waals surface area contributed by atoms with E-state index in [2.05, 4.69) is 159 Å². The predicted molar refractivity (Wildman–Crippen MR) is 220 cm³/mol. The highest BCUT2D eigenvalue weighted by molar-refractivity contribution is 7.05. The topological polar surface area (TPSA) is 25.8 Å². The van der Waals surface area contributed by atoms with Crippen LogP contribution < -0.4 is 10.4 Å². The lowest BCUT2D eigenvalue weighted by Gasteiger charge is -2.23. The Hall–Kier alpha value is -6.16. The number of rotatable bonds is 2. The van der Waals surface area contributed by atoms with Crippen molar-refractivity contribution in [3.63, 3.8) is 0 Å². The van der Waals surface area contributed by atoms with Gasteiger partial charge in [-0.25, -0.2) is 4.98 Å². The summed E-state index contributed by atoms with van der Waals surface area (Å²) in [7, 11) is -1.94. The van der Waals surface area contributed by atoms with E-state index in [-0.39, 0.29) is 0 Å². The van der Waals surface area contributed by atoms with Gasteiger partial charge in [-0.15, -0.1) is 0 Å². The molecule has 10 aromatic rings. The summed E-state index contributed by atoms with van der Waals surface area (Å²) >= 11 is 0. The quantitative estimate of drug-likeness (QED) is 0.104. The molecule has 11 rings (SSSR count). The molecule has 0 aliphatic carbocycles. The Morgan fingerprint density at radius 2 is 1.02 bits per heavy atom. The number of hydrogen-bond acceptors (Lipinski definition) is 2. The van der Waals surface area contributed by atoms with Crippen LogP contribution in [0.15, 0.2) is 158 Å². The minimum absolute atomic E-state index is 0.935. The van der Waals surface area contributed by atoms with Crippen molar-refractivity contribution < 1.29 is 0 Å². The zero-order valence-corrected chi connectivity index (χ0v) is 29.4. The molecule has 0 fully saturated rings. The van der Waals surface area contributed by atoms with Crippen LogP contribution in [0.5, 0.6) is 0 Å². The fourth-order valence-corrected chi connectivity index (χ4v) is 12.7. The molecule has 0 amide bonds. The zero-order valence-electron chi connectivity index (χ0n) is 28.4. The van der Waals surface area contributed by atoms with Gasteiger partial charge in [-0.2, -0.15) is 0 Å². The van der Waals surface area contributed by atoms with E-state index in [1.165, 1.54) is 65.3 Å². The molecule has 2 nitrogen and oxygen atoms in total. The summed E-state index contributed by atoms with van der Waals surface area (Å²) in [5.41, 5.74) is 9.37. The maximum Gasteiger partial charge on any atom is 0.114 e. The maximum atomic E-state index is 5.37.